The lowest BCUT2D eigenvalue weighted by Gasteiger charge is -2.44. The Morgan fingerprint density at radius 2 is 2.17 bits per heavy atom. The summed E-state index contributed by atoms with van der Waals surface area (Å²) in [5.74, 6) is 0.0962. The molecule has 1 aliphatic heterocycles. The minimum Gasteiger partial charge on any atom is -0.374 e. The van der Waals surface area contributed by atoms with Gasteiger partial charge in [-0.25, -0.2) is 0 Å². The molecule has 1 atom stereocenters. The molecule has 2 rings (SSSR count). The van der Waals surface area contributed by atoms with Gasteiger partial charge in [-0.3, -0.25) is 4.79 Å². The van der Waals surface area contributed by atoms with E-state index in [9.17, 15) is 4.79 Å². The van der Waals surface area contributed by atoms with E-state index in [1.807, 2.05) is 56.9 Å². The molecule has 1 unspecified atom stereocenters. The largest absolute Gasteiger partial charge is 0.374 e. The Labute approximate surface area is 109 Å². The van der Waals surface area contributed by atoms with Crippen molar-refractivity contribution in [2.24, 2.45) is 0 Å². The summed E-state index contributed by atoms with van der Waals surface area (Å²) in [6, 6.07) is 7.76. The number of amides is 1. The molecular formula is C15H21NO2. The van der Waals surface area contributed by atoms with Gasteiger partial charge in [-0.15, -0.1) is 0 Å². The van der Waals surface area contributed by atoms with Crippen molar-refractivity contribution in [3.63, 3.8) is 0 Å². The molecule has 0 spiro atoms. The average molecular weight is 247 g/mol. The number of morpholine rings is 1. The van der Waals surface area contributed by atoms with Crippen molar-refractivity contribution in [1.29, 1.82) is 0 Å². The average Bonchev–Trinajstić information content (AvgIpc) is 2.31. The predicted molar refractivity (Wildman–Crippen MR) is 71.7 cm³/mol. The number of benzene rings is 1. The van der Waals surface area contributed by atoms with E-state index in [-0.39, 0.29) is 17.6 Å². The van der Waals surface area contributed by atoms with Crippen LogP contribution in [0.25, 0.3) is 0 Å². The van der Waals surface area contributed by atoms with E-state index < -0.39 is 0 Å². The molecule has 18 heavy (non-hydrogen) atoms. The molecule has 3 nitrogen and oxygen atoms in total. The van der Waals surface area contributed by atoms with Crippen LogP contribution in [0.4, 0.5) is 0 Å². The molecule has 0 bridgehead atoms. The van der Waals surface area contributed by atoms with Gasteiger partial charge < -0.3 is 9.64 Å². The third-order valence-corrected chi connectivity index (χ3v) is 3.40. The molecule has 1 aromatic carbocycles. The zero-order chi connectivity index (χ0) is 13.3. The van der Waals surface area contributed by atoms with Crippen LogP contribution in [0.15, 0.2) is 24.3 Å². The van der Waals surface area contributed by atoms with E-state index in [4.69, 9.17) is 4.74 Å². The molecule has 1 fully saturated rings. The first-order valence-electron chi connectivity index (χ1n) is 6.40. The fraction of sp³-hybridized carbons (Fsp3) is 0.533. The molecule has 98 valence electrons. The number of hydrogen-bond donors (Lipinski definition) is 0. The van der Waals surface area contributed by atoms with Crippen molar-refractivity contribution in [2.45, 2.75) is 39.3 Å². The zero-order valence-corrected chi connectivity index (χ0v) is 11.6. The summed E-state index contributed by atoms with van der Waals surface area (Å²) in [7, 11) is 0. The second-order valence-electron chi connectivity index (χ2n) is 5.72. The van der Waals surface area contributed by atoms with Crippen LogP contribution in [0.3, 0.4) is 0 Å². The first-order valence-corrected chi connectivity index (χ1v) is 6.40. The van der Waals surface area contributed by atoms with Gasteiger partial charge in [0.25, 0.3) is 5.91 Å². The molecule has 1 amide bonds. The Morgan fingerprint density at radius 3 is 2.83 bits per heavy atom. The molecule has 0 aliphatic carbocycles. The van der Waals surface area contributed by atoms with Crippen molar-refractivity contribution in [3.05, 3.63) is 35.4 Å². The van der Waals surface area contributed by atoms with Crippen LogP contribution in [0.1, 0.15) is 36.7 Å². The molecule has 0 saturated carbocycles. The number of aryl methyl sites for hydroxylation is 1. The molecule has 3 heteroatoms. The number of ether oxygens (including phenoxy) is 1. The molecule has 0 aromatic heterocycles. The molecule has 0 radical (unpaired) electrons. The maximum absolute atomic E-state index is 12.6. The van der Waals surface area contributed by atoms with Crippen LogP contribution < -0.4 is 0 Å². The predicted octanol–water partition coefficient (Wildman–Crippen LogP) is 2.63. The Morgan fingerprint density at radius 1 is 1.44 bits per heavy atom. The minimum absolute atomic E-state index is 0.0962. The molecule has 1 saturated heterocycles. The fourth-order valence-corrected chi connectivity index (χ4v) is 2.27. The van der Waals surface area contributed by atoms with Gasteiger partial charge in [0.15, 0.2) is 0 Å². The molecule has 0 N–H and O–H groups in total. The van der Waals surface area contributed by atoms with Crippen molar-refractivity contribution in [3.8, 4) is 0 Å². The summed E-state index contributed by atoms with van der Waals surface area (Å²) in [5, 5.41) is 0. The molecule has 1 aromatic rings. The molecule has 1 heterocycles. The zero-order valence-electron chi connectivity index (χ0n) is 11.6. The highest BCUT2D eigenvalue weighted by Gasteiger charge is 2.36. The fourth-order valence-electron chi connectivity index (χ4n) is 2.27. The lowest BCUT2D eigenvalue weighted by atomic mass is 9.99. The summed E-state index contributed by atoms with van der Waals surface area (Å²) in [6.45, 7) is 9.35. The van der Waals surface area contributed by atoms with E-state index in [0.29, 0.717) is 13.2 Å². The standard InChI is InChI=1S/C15H21NO2/c1-11-6-5-7-13(8-11)14(17)16-9-12(2)18-10-15(16,3)4/h5-8,12H,9-10H2,1-4H3. The summed E-state index contributed by atoms with van der Waals surface area (Å²) in [5.41, 5.74) is 1.63. The van der Waals surface area contributed by atoms with Crippen LogP contribution in [0.5, 0.6) is 0 Å². The van der Waals surface area contributed by atoms with Crippen molar-refractivity contribution >= 4 is 5.91 Å². The van der Waals surface area contributed by atoms with Gasteiger partial charge in [-0.2, -0.15) is 0 Å². The lowest BCUT2D eigenvalue weighted by molar-refractivity contribution is -0.0755. The number of rotatable bonds is 1. The SMILES string of the molecule is Cc1cccc(C(=O)N2CC(C)OCC2(C)C)c1. The first-order chi connectivity index (χ1) is 8.40. The maximum atomic E-state index is 12.6. The molecule has 1 aliphatic rings. The van der Waals surface area contributed by atoms with E-state index in [1.165, 1.54) is 0 Å². The summed E-state index contributed by atoms with van der Waals surface area (Å²) >= 11 is 0. The van der Waals surface area contributed by atoms with Crippen molar-refractivity contribution in [1.82, 2.24) is 4.90 Å². The van der Waals surface area contributed by atoms with Gasteiger partial charge in [0.1, 0.15) is 0 Å². The third kappa shape index (κ3) is 2.56. The Hall–Kier alpha value is -1.35. The second kappa shape index (κ2) is 4.73. The van der Waals surface area contributed by atoms with Crippen LogP contribution in [0.2, 0.25) is 0 Å². The third-order valence-electron chi connectivity index (χ3n) is 3.40. The normalized spacial score (nSPS) is 22.9. The highest BCUT2D eigenvalue weighted by Crippen LogP contribution is 2.24. The summed E-state index contributed by atoms with van der Waals surface area (Å²) in [4.78, 5) is 14.5. The van der Waals surface area contributed by atoms with Gasteiger partial charge in [-0.05, 0) is 39.8 Å². The Balaban J connectivity index is 2.26. The quantitative estimate of drug-likeness (QED) is 0.763. The Bertz CT molecular complexity index is 454. The number of carbonyl (C=O) groups is 1. The second-order valence-corrected chi connectivity index (χ2v) is 5.72. The number of nitrogens with zero attached hydrogens (tertiary/aromatic N) is 1. The van der Waals surface area contributed by atoms with Gasteiger partial charge in [0.2, 0.25) is 0 Å². The lowest BCUT2D eigenvalue weighted by Crippen LogP contribution is -2.57. The van der Waals surface area contributed by atoms with Crippen molar-refractivity contribution in [2.75, 3.05) is 13.2 Å². The van der Waals surface area contributed by atoms with Gasteiger partial charge >= 0.3 is 0 Å². The van der Waals surface area contributed by atoms with Crippen LogP contribution >= 0.6 is 0 Å². The van der Waals surface area contributed by atoms with E-state index in [1.54, 1.807) is 0 Å². The van der Waals surface area contributed by atoms with Crippen LogP contribution in [0, 0.1) is 6.92 Å². The van der Waals surface area contributed by atoms with Crippen LogP contribution in [-0.2, 0) is 4.74 Å². The van der Waals surface area contributed by atoms with E-state index in [2.05, 4.69) is 0 Å². The minimum atomic E-state index is -0.243. The van der Waals surface area contributed by atoms with Gasteiger partial charge in [0, 0.05) is 12.1 Å². The van der Waals surface area contributed by atoms with Gasteiger partial charge in [-0.1, -0.05) is 17.7 Å². The van der Waals surface area contributed by atoms with Crippen LogP contribution in [-0.4, -0.2) is 35.6 Å². The summed E-state index contributed by atoms with van der Waals surface area (Å²) < 4.78 is 5.64. The number of carbonyl (C=O) groups excluding carboxylic acids is 1. The van der Waals surface area contributed by atoms with Crippen molar-refractivity contribution < 1.29 is 9.53 Å². The highest BCUT2D eigenvalue weighted by atomic mass is 16.5. The first kappa shape index (κ1) is 13.1. The Kier molecular flexibility index (Phi) is 3.44. The highest BCUT2D eigenvalue weighted by molar-refractivity contribution is 5.95. The summed E-state index contributed by atoms with van der Waals surface area (Å²) in [6.07, 6.45) is 0.104. The monoisotopic (exact) mass is 247 g/mol. The molecular weight excluding hydrogens is 226 g/mol. The van der Waals surface area contributed by atoms with E-state index >= 15 is 0 Å². The maximum Gasteiger partial charge on any atom is 0.254 e. The van der Waals surface area contributed by atoms with E-state index in [0.717, 1.165) is 11.1 Å². The smallest absolute Gasteiger partial charge is 0.254 e. The topological polar surface area (TPSA) is 29.5 Å². The van der Waals surface area contributed by atoms with Gasteiger partial charge in [0.05, 0.1) is 18.2 Å². The number of hydrogen-bond acceptors (Lipinski definition) is 2.